The van der Waals surface area contributed by atoms with Crippen molar-refractivity contribution in [3.63, 3.8) is 0 Å². The zero-order chi connectivity index (χ0) is 14.3. The first-order valence-electron chi connectivity index (χ1n) is 6.71. The largest absolute Gasteiger partial charge is 0.497 e. The van der Waals surface area contributed by atoms with E-state index in [1.54, 1.807) is 7.11 Å². The summed E-state index contributed by atoms with van der Waals surface area (Å²) in [5, 5.41) is 0. The third kappa shape index (κ3) is 5.74. The van der Waals surface area contributed by atoms with Gasteiger partial charge in [-0.25, -0.2) is 0 Å². The summed E-state index contributed by atoms with van der Waals surface area (Å²) in [4.78, 5) is 0.874. The van der Waals surface area contributed by atoms with E-state index in [1.807, 2.05) is 24.3 Å². The second kappa shape index (κ2) is 7.65. The number of hydrogen-bond acceptors (Lipinski definition) is 3. The van der Waals surface area contributed by atoms with E-state index < -0.39 is 10.8 Å². The Morgan fingerprint density at radius 1 is 1.21 bits per heavy atom. The van der Waals surface area contributed by atoms with Crippen LogP contribution in [0.4, 0.5) is 0 Å². The van der Waals surface area contributed by atoms with Crippen LogP contribution in [0.5, 0.6) is 5.75 Å². The highest BCUT2D eigenvalue weighted by molar-refractivity contribution is 7.85. The van der Waals surface area contributed by atoms with Crippen LogP contribution >= 0.6 is 0 Å². The van der Waals surface area contributed by atoms with E-state index in [1.165, 1.54) is 0 Å². The van der Waals surface area contributed by atoms with Crippen molar-refractivity contribution >= 4 is 10.8 Å². The van der Waals surface area contributed by atoms with E-state index in [2.05, 4.69) is 13.8 Å². The molecule has 0 amide bonds. The molecule has 0 saturated carbocycles. The normalized spacial score (nSPS) is 13.3. The summed E-state index contributed by atoms with van der Waals surface area (Å²) in [5.41, 5.74) is 5.89. The first-order valence-corrected chi connectivity index (χ1v) is 8.03. The monoisotopic (exact) mass is 283 g/mol. The Morgan fingerprint density at radius 3 is 2.37 bits per heavy atom. The molecule has 0 aromatic heterocycles. The molecule has 1 aromatic carbocycles. The van der Waals surface area contributed by atoms with E-state index >= 15 is 0 Å². The summed E-state index contributed by atoms with van der Waals surface area (Å²) < 4.78 is 17.2. The summed E-state index contributed by atoms with van der Waals surface area (Å²) in [7, 11) is 0.719. The second-order valence-electron chi connectivity index (χ2n) is 5.55. The molecular formula is C15H25NO2S. The number of nitrogens with two attached hydrogens (primary N) is 1. The van der Waals surface area contributed by atoms with Gasteiger partial charge >= 0.3 is 0 Å². The Balaban J connectivity index is 2.35. The molecule has 0 spiro atoms. The number of methoxy groups -OCH3 is 1. The number of hydrogen-bond donors (Lipinski definition) is 1. The maximum Gasteiger partial charge on any atom is 0.118 e. The van der Waals surface area contributed by atoms with Crippen molar-refractivity contribution in [2.75, 3.05) is 19.4 Å². The maximum atomic E-state index is 12.1. The molecule has 3 nitrogen and oxygen atoms in total. The van der Waals surface area contributed by atoms with E-state index in [0.717, 1.165) is 29.9 Å². The molecule has 4 heteroatoms. The summed E-state index contributed by atoms with van der Waals surface area (Å²) in [6.45, 7) is 5.05. The molecule has 0 aliphatic carbocycles. The van der Waals surface area contributed by atoms with Gasteiger partial charge in [-0.15, -0.1) is 0 Å². The highest BCUT2D eigenvalue weighted by Gasteiger charge is 2.14. The van der Waals surface area contributed by atoms with Crippen molar-refractivity contribution < 1.29 is 8.95 Å². The zero-order valence-electron chi connectivity index (χ0n) is 12.1. The molecule has 0 bridgehead atoms. The molecule has 0 aliphatic rings. The Labute approximate surface area is 119 Å². The Hall–Kier alpha value is -0.870. The van der Waals surface area contributed by atoms with Gasteiger partial charge < -0.3 is 10.5 Å². The smallest absolute Gasteiger partial charge is 0.118 e. The molecule has 19 heavy (non-hydrogen) atoms. The lowest BCUT2D eigenvalue weighted by atomic mass is 9.88. The number of benzene rings is 1. The maximum absolute atomic E-state index is 12.1. The third-order valence-electron chi connectivity index (χ3n) is 3.31. The van der Waals surface area contributed by atoms with Gasteiger partial charge in [0.15, 0.2) is 0 Å². The minimum Gasteiger partial charge on any atom is -0.497 e. The predicted molar refractivity (Wildman–Crippen MR) is 81.0 cm³/mol. The minimum atomic E-state index is -0.911. The fraction of sp³-hybridized carbons (Fsp3) is 0.600. The van der Waals surface area contributed by atoms with E-state index in [0.29, 0.717) is 12.3 Å². The van der Waals surface area contributed by atoms with Gasteiger partial charge in [0, 0.05) is 10.6 Å². The quantitative estimate of drug-likeness (QED) is 0.746. The fourth-order valence-electron chi connectivity index (χ4n) is 1.78. The van der Waals surface area contributed by atoms with E-state index in [-0.39, 0.29) is 5.41 Å². The topological polar surface area (TPSA) is 52.3 Å². The Morgan fingerprint density at radius 2 is 1.84 bits per heavy atom. The standard InChI is InChI=1S/C15H25NO2S/c1-15(2,12-16)10-4-5-11-19(17)14-8-6-13(18-3)7-9-14/h6-9H,4-5,10-12,16H2,1-3H3. The molecule has 0 fully saturated rings. The SMILES string of the molecule is COc1ccc(S(=O)CCCCC(C)(C)CN)cc1. The van der Waals surface area contributed by atoms with Gasteiger partial charge in [-0.05, 0) is 49.1 Å². The van der Waals surface area contributed by atoms with Gasteiger partial charge in [-0.2, -0.15) is 0 Å². The predicted octanol–water partition coefficient (Wildman–Crippen LogP) is 2.96. The highest BCUT2D eigenvalue weighted by atomic mass is 32.2. The van der Waals surface area contributed by atoms with Gasteiger partial charge in [-0.3, -0.25) is 4.21 Å². The highest BCUT2D eigenvalue weighted by Crippen LogP contribution is 2.22. The lowest BCUT2D eigenvalue weighted by Gasteiger charge is -2.21. The summed E-state index contributed by atoms with van der Waals surface area (Å²) in [6, 6.07) is 7.45. The number of unbranched alkanes of at least 4 members (excludes halogenated alkanes) is 1. The fourth-order valence-corrected chi connectivity index (χ4v) is 2.93. The molecule has 1 unspecified atom stereocenters. The van der Waals surface area contributed by atoms with Crippen molar-refractivity contribution in [1.29, 1.82) is 0 Å². The molecule has 2 N–H and O–H groups in total. The Kier molecular flexibility index (Phi) is 6.52. The molecule has 0 radical (unpaired) electrons. The van der Waals surface area contributed by atoms with Crippen molar-refractivity contribution in [2.45, 2.75) is 38.0 Å². The number of rotatable bonds is 8. The molecule has 0 saturated heterocycles. The first-order chi connectivity index (χ1) is 8.98. The number of ether oxygens (including phenoxy) is 1. The van der Waals surface area contributed by atoms with Crippen LogP contribution in [0.2, 0.25) is 0 Å². The minimum absolute atomic E-state index is 0.196. The lowest BCUT2D eigenvalue weighted by molar-refractivity contribution is 0.336. The average molecular weight is 283 g/mol. The lowest BCUT2D eigenvalue weighted by Crippen LogP contribution is -2.23. The molecule has 1 aromatic rings. The van der Waals surface area contributed by atoms with Crippen LogP contribution < -0.4 is 10.5 Å². The third-order valence-corrected chi connectivity index (χ3v) is 4.77. The molecule has 0 aliphatic heterocycles. The van der Waals surface area contributed by atoms with E-state index in [9.17, 15) is 4.21 Å². The van der Waals surface area contributed by atoms with Crippen LogP contribution in [0.1, 0.15) is 33.1 Å². The second-order valence-corrected chi connectivity index (χ2v) is 7.12. The average Bonchev–Trinajstić information content (AvgIpc) is 2.43. The van der Waals surface area contributed by atoms with Crippen LogP contribution in [0.3, 0.4) is 0 Å². The zero-order valence-corrected chi connectivity index (χ0v) is 13.0. The molecule has 108 valence electrons. The Bertz CT molecular complexity index is 401. The van der Waals surface area contributed by atoms with Gasteiger partial charge in [-0.1, -0.05) is 20.3 Å². The van der Waals surface area contributed by atoms with Crippen LogP contribution in [-0.2, 0) is 10.8 Å². The van der Waals surface area contributed by atoms with Crippen molar-refractivity contribution in [3.05, 3.63) is 24.3 Å². The van der Waals surface area contributed by atoms with E-state index in [4.69, 9.17) is 10.5 Å². The van der Waals surface area contributed by atoms with Crippen molar-refractivity contribution in [1.82, 2.24) is 0 Å². The molecule has 1 rings (SSSR count). The summed E-state index contributed by atoms with van der Waals surface area (Å²) in [6.07, 6.45) is 3.14. The van der Waals surface area contributed by atoms with Gasteiger partial charge in [0.05, 0.1) is 17.9 Å². The summed E-state index contributed by atoms with van der Waals surface area (Å²) >= 11 is 0. The van der Waals surface area contributed by atoms with Gasteiger partial charge in [0.25, 0.3) is 0 Å². The van der Waals surface area contributed by atoms with Gasteiger partial charge in [0.1, 0.15) is 5.75 Å². The first kappa shape index (κ1) is 16.2. The van der Waals surface area contributed by atoms with Gasteiger partial charge in [0.2, 0.25) is 0 Å². The van der Waals surface area contributed by atoms with Crippen molar-refractivity contribution in [2.24, 2.45) is 11.1 Å². The van der Waals surface area contributed by atoms with Crippen LogP contribution in [0.25, 0.3) is 0 Å². The van der Waals surface area contributed by atoms with Crippen LogP contribution in [-0.4, -0.2) is 23.6 Å². The van der Waals surface area contributed by atoms with Crippen LogP contribution in [0.15, 0.2) is 29.2 Å². The molecule has 0 heterocycles. The van der Waals surface area contributed by atoms with Crippen LogP contribution in [0, 0.1) is 5.41 Å². The van der Waals surface area contributed by atoms with Crippen molar-refractivity contribution in [3.8, 4) is 5.75 Å². The molecular weight excluding hydrogens is 258 g/mol. The summed E-state index contributed by atoms with van der Waals surface area (Å²) in [5.74, 6) is 1.51. The molecule has 1 atom stereocenters.